The van der Waals surface area contributed by atoms with E-state index in [1.807, 2.05) is 6.92 Å². The molecule has 0 saturated carbocycles. The van der Waals surface area contributed by atoms with Crippen LogP contribution >= 0.6 is 0 Å². The van der Waals surface area contributed by atoms with E-state index in [2.05, 4.69) is 5.32 Å². The van der Waals surface area contributed by atoms with Crippen molar-refractivity contribution in [2.24, 2.45) is 0 Å². The van der Waals surface area contributed by atoms with Gasteiger partial charge in [-0.15, -0.1) is 0 Å². The number of carboxylic acids is 1. The summed E-state index contributed by atoms with van der Waals surface area (Å²) < 4.78 is 5.14. The number of carboxylic acid groups (broad SMARTS) is 1. The first-order valence-corrected chi connectivity index (χ1v) is 6.07. The number of methoxy groups -OCH3 is 1. The van der Waals surface area contributed by atoms with Gasteiger partial charge in [0.05, 0.1) is 13.2 Å². The molecule has 1 unspecified atom stereocenters. The second-order valence-corrected chi connectivity index (χ2v) is 4.32. The molecule has 5 nitrogen and oxygen atoms in total. The summed E-state index contributed by atoms with van der Waals surface area (Å²) in [4.78, 5) is 22.8. The Hall–Kier alpha value is -1.88. The Kier molecular flexibility index (Phi) is 5.51. The number of likely N-dealkylation sites (N-methyl/N-ethyl adjacent to an activating group) is 1. The fourth-order valence-electron chi connectivity index (χ4n) is 1.91. The number of carbonyl (C=O) groups is 2. The highest BCUT2D eigenvalue weighted by molar-refractivity contribution is 6.00. The Bertz CT molecular complexity index is 471. The van der Waals surface area contributed by atoms with Crippen molar-refractivity contribution in [1.82, 2.24) is 5.32 Å². The summed E-state index contributed by atoms with van der Waals surface area (Å²) in [6, 6.07) is 4.71. The Morgan fingerprint density at radius 2 is 2.11 bits per heavy atom. The zero-order chi connectivity index (χ0) is 14.4. The lowest BCUT2D eigenvalue weighted by Crippen LogP contribution is -2.34. The van der Waals surface area contributed by atoms with E-state index in [1.54, 1.807) is 32.4 Å². The van der Waals surface area contributed by atoms with Crippen molar-refractivity contribution in [3.05, 3.63) is 29.3 Å². The van der Waals surface area contributed by atoms with Crippen LogP contribution in [0.5, 0.6) is 5.75 Å². The van der Waals surface area contributed by atoms with Crippen LogP contribution < -0.4 is 10.1 Å². The standard InChI is InChI=1S/C14H19NO4/c1-9-8-10(4-6-12(9)19-3)14(18)11(15-2)5-7-13(16)17/h4,6,8,11,15H,5,7H2,1-3H3,(H,16,17). The largest absolute Gasteiger partial charge is 0.496 e. The number of rotatable bonds is 7. The van der Waals surface area contributed by atoms with Crippen LogP contribution in [-0.2, 0) is 4.79 Å². The highest BCUT2D eigenvalue weighted by Crippen LogP contribution is 2.20. The van der Waals surface area contributed by atoms with Gasteiger partial charge in [0.2, 0.25) is 0 Å². The van der Waals surface area contributed by atoms with Crippen LogP contribution in [0.1, 0.15) is 28.8 Å². The number of Topliss-reactive ketones (excluding diaryl/α,β-unsaturated/α-hetero) is 1. The van der Waals surface area contributed by atoms with Gasteiger partial charge >= 0.3 is 5.97 Å². The van der Waals surface area contributed by atoms with Gasteiger partial charge in [-0.2, -0.15) is 0 Å². The quantitative estimate of drug-likeness (QED) is 0.733. The Labute approximate surface area is 112 Å². The van der Waals surface area contributed by atoms with Crippen molar-refractivity contribution in [1.29, 1.82) is 0 Å². The van der Waals surface area contributed by atoms with Crippen molar-refractivity contribution in [2.45, 2.75) is 25.8 Å². The van der Waals surface area contributed by atoms with E-state index in [0.717, 1.165) is 11.3 Å². The van der Waals surface area contributed by atoms with E-state index >= 15 is 0 Å². The van der Waals surface area contributed by atoms with Crippen molar-refractivity contribution < 1.29 is 19.4 Å². The zero-order valence-electron chi connectivity index (χ0n) is 11.4. The smallest absolute Gasteiger partial charge is 0.303 e. The zero-order valence-corrected chi connectivity index (χ0v) is 11.4. The summed E-state index contributed by atoms with van der Waals surface area (Å²) in [5.74, 6) is -0.281. The molecule has 0 fully saturated rings. The molecule has 0 heterocycles. The van der Waals surface area contributed by atoms with Crippen LogP contribution in [0.15, 0.2) is 18.2 Å². The van der Waals surface area contributed by atoms with Gasteiger partial charge in [0.1, 0.15) is 5.75 Å². The highest BCUT2D eigenvalue weighted by Gasteiger charge is 2.19. The molecule has 0 saturated heterocycles. The van der Waals surface area contributed by atoms with E-state index in [9.17, 15) is 9.59 Å². The molecule has 0 amide bonds. The number of hydrogen-bond acceptors (Lipinski definition) is 4. The normalized spacial score (nSPS) is 11.9. The molecule has 0 aliphatic carbocycles. The van der Waals surface area contributed by atoms with Crippen LogP contribution in [-0.4, -0.2) is 37.1 Å². The minimum atomic E-state index is -0.904. The van der Waals surface area contributed by atoms with Crippen LogP contribution in [0.2, 0.25) is 0 Å². The predicted octanol–water partition coefficient (Wildman–Crippen LogP) is 1.64. The molecule has 1 aromatic rings. The lowest BCUT2D eigenvalue weighted by Gasteiger charge is -2.15. The van der Waals surface area contributed by atoms with Gasteiger partial charge in [-0.25, -0.2) is 0 Å². The second kappa shape index (κ2) is 6.89. The maximum atomic E-state index is 12.2. The third kappa shape index (κ3) is 4.06. The minimum Gasteiger partial charge on any atom is -0.496 e. The maximum Gasteiger partial charge on any atom is 0.303 e. The van der Waals surface area contributed by atoms with Gasteiger partial charge in [0.15, 0.2) is 5.78 Å². The molecule has 0 spiro atoms. The number of aryl methyl sites for hydroxylation is 1. The average molecular weight is 265 g/mol. The topological polar surface area (TPSA) is 75.6 Å². The van der Waals surface area contributed by atoms with Crippen LogP contribution in [0.25, 0.3) is 0 Å². The summed E-state index contributed by atoms with van der Waals surface area (Å²) in [7, 11) is 3.23. The monoisotopic (exact) mass is 265 g/mol. The molecule has 0 aliphatic heterocycles. The molecule has 1 aromatic carbocycles. The Balaban J connectivity index is 2.85. The SMILES string of the molecule is CNC(CCC(=O)O)C(=O)c1ccc(OC)c(C)c1. The molecule has 2 N–H and O–H groups in total. The summed E-state index contributed by atoms with van der Waals surface area (Å²) in [6.45, 7) is 1.86. The van der Waals surface area contributed by atoms with Gasteiger partial charge in [0, 0.05) is 12.0 Å². The van der Waals surface area contributed by atoms with Crippen molar-refractivity contribution >= 4 is 11.8 Å². The number of ether oxygens (including phenoxy) is 1. The average Bonchev–Trinajstić information content (AvgIpc) is 2.38. The number of carbonyl (C=O) groups excluding carboxylic acids is 1. The van der Waals surface area contributed by atoms with Crippen molar-refractivity contribution in [3.63, 3.8) is 0 Å². The lowest BCUT2D eigenvalue weighted by molar-refractivity contribution is -0.137. The molecule has 0 aliphatic rings. The molecule has 19 heavy (non-hydrogen) atoms. The summed E-state index contributed by atoms with van der Waals surface area (Å²) in [5.41, 5.74) is 1.43. The molecule has 0 aromatic heterocycles. The first kappa shape index (κ1) is 15.2. The first-order chi connectivity index (χ1) is 8.99. The summed E-state index contributed by atoms with van der Waals surface area (Å²) in [5, 5.41) is 11.5. The van der Waals surface area contributed by atoms with Crippen LogP contribution in [0, 0.1) is 6.92 Å². The third-order valence-corrected chi connectivity index (χ3v) is 2.99. The highest BCUT2D eigenvalue weighted by atomic mass is 16.5. The molecule has 1 atom stereocenters. The molecule has 104 valence electrons. The van der Waals surface area contributed by atoms with Crippen LogP contribution in [0.4, 0.5) is 0 Å². The van der Waals surface area contributed by atoms with Crippen LogP contribution in [0.3, 0.4) is 0 Å². The van der Waals surface area contributed by atoms with Gasteiger partial charge in [-0.1, -0.05) is 0 Å². The molecule has 0 radical (unpaired) electrons. The van der Waals surface area contributed by atoms with Gasteiger partial charge in [0.25, 0.3) is 0 Å². The van der Waals surface area contributed by atoms with E-state index < -0.39 is 12.0 Å². The fraction of sp³-hybridized carbons (Fsp3) is 0.429. The number of aliphatic carboxylic acids is 1. The third-order valence-electron chi connectivity index (χ3n) is 2.99. The molecule has 0 bridgehead atoms. The molecule has 1 rings (SSSR count). The van der Waals surface area contributed by atoms with Crippen molar-refractivity contribution in [2.75, 3.05) is 14.2 Å². The lowest BCUT2D eigenvalue weighted by atomic mass is 9.98. The minimum absolute atomic E-state index is 0.0353. The second-order valence-electron chi connectivity index (χ2n) is 4.32. The number of nitrogens with one attached hydrogen (secondary N) is 1. The fourth-order valence-corrected chi connectivity index (χ4v) is 1.91. The maximum absolute atomic E-state index is 12.2. The summed E-state index contributed by atoms with van der Waals surface area (Å²) in [6.07, 6.45) is 0.238. The number of benzene rings is 1. The van der Waals surface area contributed by atoms with Crippen molar-refractivity contribution in [3.8, 4) is 5.75 Å². The molecule has 5 heteroatoms. The number of ketones is 1. The first-order valence-electron chi connectivity index (χ1n) is 6.07. The van der Waals surface area contributed by atoms with Gasteiger partial charge < -0.3 is 15.2 Å². The van der Waals surface area contributed by atoms with E-state index in [4.69, 9.17) is 9.84 Å². The van der Waals surface area contributed by atoms with Gasteiger partial charge in [-0.3, -0.25) is 9.59 Å². The molecular weight excluding hydrogens is 246 g/mol. The van der Waals surface area contributed by atoms with Gasteiger partial charge in [-0.05, 0) is 44.2 Å². The molecular formula is C14H19NO4. The Morgan fingerprint density at radius 3 is 2.58 bits per heavy atom. The Morgan fingerprint density at radius 1 is 1.42 bits per heavy atom. The summed E-state index contributed by atoms with van der Waals surface area (Å²) >= 11 is 0. The van der Waals surface area contributed by atoms with E-state index in [-0.39, 0.29) is 18.6 Å². The number of hydrogen-bond donors (Lipinski definition) is 2. The predicted molar refractivity (Wildman–Crippen MR) is 71.8 cm³/mol. The van der Waals surface area contributed by atoms with E-state index in [0.29, 0.717) is 5.56 Å². The van der Waals surface area contributed by atoms with E-state index in [1.165, 1.54) is 0 Å².